The summed E-state index contributed by atoms with van der Waals surface area (Å²) in [7, 11) is 1.36. The molecule has 2 aliphatic rings. The van der Waals surface area contributed by atoms with Gasteiger partial charge in [-0.25, -0.2) is 0 Å². The lowest BCUT2D eigenvalue weighted by molar-refractivity contribution is -0.317. The van der Waals surface area contributed by atoms with Crippen LogP contribution in [-0.2, 0) is 19.0 Å². The highest BCUT2D eigenvalue weighted by molar-refractivity contribution is 5.76. The normalized spacial score (nSPS) is 42.4. The Hall–Kier alpha value is -0.650. The molecule has 1 aliphatic heterocycles. The average molecular weight is 244 g/mol. The van der Waals surface area contributed by atoms with Crippen molar-refractivity contribution in [1.29, 1.82) is 0 Å². The van der Waals surface area contributed by atoms with E-state index in [1.807, 2.05) is 0 Å². The van der Waals surface area contributed by atoms with Gasteiger partial charge in [-0.05, 0) is 19.8 Å². The Morgan fingerprint density at radius 2 is 2.06 bits per heavy atom. The molecule has 1 spiro atoms. The van der Waals surface area contributed by atoms with Crippen LogP contribution in [0.4, 0.5) is 0 Å². The Kier molecular flexibility index (Phi) is 3.43. The third-order valence-electron chi connectivity index (χ3n) is 3.63. The first-order chi connectivity index (χ1) is 8.00. The van der Waals surface area contributed by atoms with Crippen LogP contribution in [0.25, 0.3) is 0 Å². The van der Waals surface area contributed by atoms with E-state index in [1.165, 1.54) is 7.11 Å². The van der Waals surface area contributed by atoms with Gasteiger partial charge in [-0.3, -0.25) is 4.79 Å². The molecule has 1 N–H and O–H groups in total. The van der Waals surface area contributed by atoms with E-state index in [1.54, 1.807) is 6.92 Å². The van der Waals surface area contributed by atoms with Crippen LogP contribution in [-0.4, -0.2) is 43.3 Å². The van der Waals surface area contributed by atoms with Crippen molar-refractivity contribution < 1.29 is 24.1 Å². The van der Waals surface area contributed by atoms with E-state index >= 15 is 0 Å². The number of hydrogen-bond donors (Lipinski definition) is 1. The number of hydrogen-bond acceptors (Lipinski definition) is 5. The van der Waals surface area contributed by atoms with Crippen LogP contribution in [0.15, 0.2) is 0 Å². The second-order valence-corrected chi connectivity index (χ2v) is 5.29. The van der Waals surface area contributed by atoms with E-state index in [0.717, 1.165) is 19.3 Å². The third-order valence-corrected chi connectivity index (χ3v) is 3.63. The first kappa shape index (κ1) is 12.8. The first-order valence-corrected chi connectivity index (χ1v) is 6.04. The van der Waals surface area contributed by atoms with E-state index < -0.39 is 11.2 Å². The molecule has 5 heteroatoms. The minimum absolute atomic E-state index is 0.284. The topological polar surface area (TPSA) is 65.0 Å². The lowest BCUT2D eigenvalue weighted by Crippen LogP contribution is -2.54. The molecule has 1 aliphatic carbocycles. The van der Waals surface area contributed by atoms with Crippen molar-refractivity contribution in [2.75, 3.05) is 20.3 Å². The predicted octanol–water partition coefficient (Wildman–Crippen LogP) is 0.844. The number of esters is 1. The fourth-order valence-electron chi connectivity index (χ4n) is 2.46. The van der Waals surface area contributed by atoms with Gasteiger partial charge in [0.05, 0.1) is 26.4 Å². The van der Waals surface area contributed by atoms with Gasteiger partial charge in [0.25, 0.3) is 0 Å². The Morgan fingerprint density at radius 3 is 2.59 bits per heavy atom. The van der Waals surface area contributed by atoms with Crippen LogP contribution in [0.5, 0.6) is 0 Å². The number of aliphatic hydroxyl groups excluding tert-OH is 1. The summed E-state index contributed by atoms with van der Waals surface area (Å²) in [5.74, 6) is -1.01. The second kappa shape index (κ2) is 4.55. The van der Waals surface area contributed by atoms with Crippen LogP contribution in [0.2, 0.25) is 0 Å². The molecule has 2 rings (SSSR count). The molecule has 2 fully saturated rings. The lowest BCUT2D eigenvalue weighted by Gasteiger charge is -2.46. The number of aliphatic hydroxyl groups is 1. The summed E-state index contributed by atoms with van der Waals surface area (Å²) in [6.07, 6.45) is 2.58. The number of ether oxygens (including phenoxy) is 3. The third kappa shape index (κ3) is 2.46. The maximum atomic E-state index is 11.6. The largest absolute Gasteiger partial charge is 0.468 e. The van der Waals surface area contributed by atoms with Crippen molar-refractivity contribution >= 4 is 5.97 Å². The Morgan fingerprint density at radius 1 is 1.41 bits per heavy atom. The molecule has 0 radical (unpaired) electrons. The summed E-state index contributed by atoms with van der Waals surface area (Å²) in [5.41, 5.74) is -0.734. The molecular formula is C12H20O5. The van der Waals surface area contributed by atoms with Gasteiger partial charge in [-0.1, -0.05) is 0 Å². The molecule has 1 heterocycles. The number of rotatable bonds is 1. The molecule has 98 valence electrons. The van der Waals surface area contributed by atoms with Gasteiger partial charge in [0.1, 0.15) is 5.41 Å². The zero-order valence-corrected chi connectivity index (χ0v) is 10.4. The van der Waals surface area contributed by atoms with Gasteiger partial charge in [0, 0.05) is 12.8 Å². The predicted molar refractivity (Wildman–Crippen MR) is 59.2 cm³/mol. The molecule has 17 heavy (non-hydrogen) atoms. The van der Waals surface area contributed by atoms with E-state index in [-0.39, 0.29) is 25.3 Å². The van der Waals surface area contributed by atoms with E-state index in [2.05, 4.69) is 0 Å². The monoisotopic (exact) mass is 244 g/mol. The molecule has 1 saturated carbocycles. The van der Waals surface area contributed by atoms with Gasteiger partial charge < -0.3 is 19.3 Å². The van der Waals surface area contributed by atoms with Crippen molar-refractivity contribution in [3.63, 3.8) is 0 Å². The molecule has 0 bridgehead atoms. The average Bonchev–Trinajstić information content (AvgIpc) is 2.32. The molecular weight excluding hydrogens is 224 g/mol. The Balaban J connectivity index is 1.99. The molecule has 5 nitrogen and oxygen atoms in total. The van der Waals surface area contributed by atoms with Gasteiger partial charge in [-0.15, -0.1) is 0 Å². The Labute approximate surface area is 101 Å². The molecule has 0 aromatic carbocycles. The van der Waals surface area contributed by atoms with Gasteiger partial charge in [-0.2, -0.15) is 0 Å². The maximum absolute atomic E-state index is 11.6. The lowest BCUT2D eigenvalue weighted by atomic mass is 9.87. The molecule has 0 aromatic rings. The number of carbonyl (C=O) groups excluding carboxylic acids is 1. The smallest absolute Gasteiger partial charge is 0.316 e. The molecule has 1 unspecified atom stereocenters. The van der Waals surface area contributed by atoms with Crippen molar-refractivity contribution in [3.05, 3.63) is 0 Å². The van der Waals surface area contributed by atoms with E-state index in [0.29, 0.717) is 6.42 Å². The van der Waals surface area contributed by atoms with Crippen molar-refractivity contribution in [2.24, 2.45) is 5.41 Å². The summed E-state index contributed by atoms with van der Waals surface area (Å²) in [6, 6.07) is 0. The number of carbonyl (C=O) groups is 1. The van der Waals surface area contributed by atoms with Crippen LogP contribution >= 0.6 is 0 Å². The van der Waals surface area contributed by atoms with Crippen molar-refractivity contribution in [3.8, 4) is 0 Å². The van der Waals surface area contributed by atoms with Crippen LogP contribution in [0.1, 0.15) is 32.6 Å². The molecule has 1 atom stereocenters. The van der Waals surface area contributed by atoms with Crippen LogP contribution in [0.3, 0.4) is 0 Å². The minimum Gasteiger partial charge on any atom is -0.468 e. The maximum Gasteiger partial charge on any atom is 0.316 e. The fraction of sp³-hybridized carbons (Fsp3) is 0.917. The van der Waals surface area contributed by atoms with E-state index in [4.69, 9.17) is 14.2 Å². The standard InChI is InChI=1S/C12H20O5/c1-11(10(14)15-2)7-16-12(17-8-11)5-3-4-9(13)6-12/h9,13H,3-8H2,1-2H3. The van der Waals surface area contributed by atoms with Crippen molar-refractivity contribution in [2.45, 2.75) is 44.5 Å². The quantitative estimate of drug-likeness (QED) is 0.692. The highest BCUT2D eigenvalue weighted by Crippen LogP contribution is 2.39. The summed E-state index contributed by atoms with van der Waals surface area (Å²) in [6.45, 7) is 2.34. The number of methoxy groups -OCH3 is 1. The fourth-order valence-corrected chi connectivity index (χ4v) is 2.46. The van der Waals surface area contributed by atoms with Crippen LogP contribution < -0.4 is 0 Å². The summed E-state index contributed by atoms with van der Waals surface area (Å²) < 4.78 is 16.2. The van der Waals surface area contributed by atoms with Gasteiger partial charge in [0.2, 0.25) is 0 Å². The molecule has 0 aromatic heterocycles. The summed E-state index contributed by atoms with van der Waals surface area (Å²) in [4.78, 5) is 11.6. The first-order valence-electron chi connectivity index (χ1n) is 6.04. The Bertz CT molecular complexity index is 293. The minimum atomic E-state index is -0.734. The highest BCUT2D eigenvalue weighted by atomic mass is 16.7. The summed E-state index contributed by atoms with van der Waals surface area (Å²) >= 11 is 0. The van der Waals surface area contributed by atoms with Crippen molar-refractivity contribution in [1.82, 2.24) is 0 Å². The second-order valence-electron chi connectivity index (χ2n) is 5.29. The zero-order chi connectivity index (χ0) is 12.5. The highest BCUT2D eigenvalue weighted by Gasteiger charge is 2.48. The van der Waals surface area contributed by atoms with Gasteiger partial charge in [0.15, 0.2) is 5.79 Å². The SMILES string of the molecule is COC(=O)C1(C)COC2(CCCC(O)C2)OC1. The zero-order valence-electron chi connectivity index (χ0n) is 10.4. The van der Waals surface area contributed by atoms with Gasteiger partial charge >= 0.3 is 5.97 Å². The van der Waals surface area contributed by atoms with E-state index in [9.17, 15) is 9.90 Å². The molecule has 1 saturated heterocycles. The van der Waals surface area contributed by atoms with Crippen LogP contribution in [0, 0.1) is 5.41 Å². The molecule has 0 amide bonds. The summed E-state index contributed by atoms with van der Waals surface area (Å²) in [5, 5.41) is 9.66.